The zero-order chi connectivity index (χ0) is 15.8. The molecule has 1 unspecified atom stereocenters. The zero-order valence-corrected chi connectivity index (χ0v) is 11.6. The molecule has 2 rings (SSSR count). The van der Waals surface area contributed by atoms with Gasteiger partial charge in [-0.25, -0.2) is 22.0 Å². The van der Waals surface area contributed by atoms with E-state index in [1.807, 2.05) is 0 Å². The van der Waals surface area contributed by atoms with Crippen LogP contribution in [0.25, 0.3) is 0 Å². The third-order valence-corrected chi connectivity index (χ3v) is 5.23. The first-order chi connectivity index (χ1) is 9.77. The van der Waals surface area contributed by atoms with E-state index in [1.165, 1.54) is 0 Å². The van der Waals surface area contributed by atoms with Gasteiger partial charge in [-0.15, -0.1) is 0 Å². The van der Waals surface area contributed by atoms with E-state index in [1.54, 1.807) is 0 Å². The van der Waals surface area contributed by atoms with E-state index in [0.717, 1.165) is 4.31 Å². The summed E-state index contributed by atoms with van der Waals surface area (Å²) in [5.74, 6) is -4.96. The maximum absolute atomic E-state index is 13.8. The highest BCUT2D eigenvalue weighted by Gasteiger charge is 2.35. The standard InChI is InChI=1S/C12H13F2NO5S/c13-9-3-8(12(17)18)4-10(11(9)14)21(19,20)15-2-1-7(5-15)6-16/h3-4,7,16H,1-2,5-6H2,(H,17,18). The Labute approximate surface area is 119 Å². The van der Waals surface area contributed by atoms with Crippen molar-refractivity contribution in [2.45, 2.75) is 11.3 Å². The molecule has 1 saturated heterocycles. The third-order valence-electron chi connectivity index (χ3n) is 3.37. The number of carbonyl (C=O) groups is 1. The molecule has 0 amide bonds. The predicted octanol–water partition coefficient (Wildman–Crippen LogP) is 0.666. The van der Waals surface area contributed by atoms with Gasteiger partial charge in [0, 0.05) is 19.7 Å². The van der Waals surface area contributed by atoms with Gasteiger partial charge in [-0.1, -0.05) is 0 Å². The van der Waals surface area contributed by atoms with Crippen molar-refractivity contribution < 1.29 is 32.2 Å². The van der Waals surface area contributed by atoms with E-state index in [4.69, 9.17) is 10.2 Å². The van der Waals surface area contributed by atoms with Gasteiger partial charge in [0.25, 0.3) is 0 Å². The van der Waals surface area contributed by atoms with Crippen LogP contribution < -0.4 is 0 Å². The highest BCUT2D eigenvalue weighted by atomic mass is 32.2. The maximum Gasteiger partial charge on any atom is 0.335 e. The molecule has 0 bridgehead atoms. The molecule has 0 spiro atoms. The number of carboxylic acid groups (broad SMARTS) is 1. The summed E-state index contributed by atoms with van der Waals surface area (Å²) >= 11 is 0. The molecule has 2 N–H and O–H groups in total. The molecule has 6 nitrogen and oxygen atoms in total. The van der Waals surface area contributed by atoms with Crippen molar-refractivity contribution in [3.63, 3.8) is 0 Å². The summed E-state index contributed by atoms with van der Waals surface area (Å²) in [6, 6.07) is 1.03. The lowest BCUT2D eigenvalue weighted by molar-refractivity contribution is 0.0696. The summed E-state index contributed by atoms with van der Waals surface area (Å²) in [4.78, 5) is 9.83. The normalized spacial score (nSPS) is 19.9. The van der Waals surface area contributed by atoms with Crippen molar-refractivity contribution in [1.29, 1.82) is 0 Å². The monoisotopic (exact) mass is 321 g/mol. The molecule has 1 aliphatic rings. The van der Waals surface area contributed by atoms with Crippen LogP contribution in [0.15, 0.2) is 17.0 Å². The Hall–Kier alpha value is -1.58. The zero-order valence-electron chi connectivity index (χ0n) is 10.8. The number of aliphatic hydroxyl groups is 1. The molecule has 21 heavy (non-hydrogen) atoms. The van der Waals surface area contributed by atoms with Gasteiger partial charge in [0.15, 0.2) is 11.6 Å². The summed E-state index contributed by atoms with van der Waals surface area (Å²) in [6.07, 6.45) is 0.401. The van der Waals surface area contributed by atoms with Gasteiger partial charge in [0.1, 0.15) is 4.90 Å². The first-order valence-corrected chi connectivity index (χ1v) is 7.54. The van der Waals surface area contributed by atoms with E-state index in [-0.39, 0.29) is 25.6 Å². The van der Waals surface area contributed by atoms with Crippen LogP contribution in [0.5, 0.6) is 0 Å². The van der Waals surface area contributed by atoms with Crippen LogP contribution in [-0.2, 0) is 10.0 Å². The van der Waals surface area contributed by atoms with Crippen molar-refractivity contribution in [3.8, 4) is 0 Å². The number of aliphatic hydroxyl groups excluding tert-OH is 1. The Balaban J connectivity index is 2.47. The van der Waals surface area contributed by atoms with E-state index < -0.39 is 38.1 Å². The Morgan fingerprint density at radius 2 is 2.05 bits per heavy atom. The lowest BCUT2D eigenvalue weighted by atomic mass is 10.1. The molecule has 1 atom stereocenters. The molecule has 0 aromatic heterocycles. The molecule has 0 saturated carbocycles. The molecule has 0 radical (unpaired) electrons. The van der Waals surface area contributed by atoms with E-state index in [9.17, 15) is 22.0 Å². The van der Waals surface area contributed by atoms with Gasteiger partial charge in [0.2, 0.25) is 10.0 Å². The lowest BCUT2D eigenvalue weighted by Crippen LogP contribution is -2.30. The van der Waals surface area contributed by atoms with Gasteiger partial charge in [-0.05, 0) is 24.5 Å². The van der Waals surface area contributed by atoms with Crippen molar-refractivity contribution in [1.82, 2.24) is 4.31 Å². The minimum Gasteiger partial charge on any atom is -0.478 e. The average Bonchev–Trinajstić information content (AvgIpc) is 2.90. The number of aromatic carboxylic acids is 1. The first-order valence-electron chi connectivity index (χ1n) is 6.10. The average molecular weight is 321 g/mol. The smallest absolute Gasteiger partial charge is 0.335 e. The van der Waals surface area contributed by atoms with Crippen LogP contribution in [0.3, 0.4) is 0 Å². The molecule has 1 fully saturated rings. The largest absolute Gasteiger partial charge is 0.478 e. The van der Waals surface area contributed by atoms with Crippen molar-refractivity contribution in [3.05, 3.63) is 29.3 Å². The maximum atomic E-state index is 13.8. The Morgan fingerprint density at radius 3 is 2.57 bits per heavy atom. The van der Waals surface area contributed by atoms with Crippen molar-refractivity contribution >= 4 is 16.0 Å². The summed E-state index contributed by atoms with van der Waals surface area (Å²) in [7, 11) is -4.35. The minimum atomic E-state index is -4.35. The Morgan fingerprint density at radius 1 is 1.38 bits per heavy atom. The van der Waals surface area contributed by atoms with Crippen LogP contribution in [0.4, 0.5) is 8.78 Å². The molecule has 1 heterocycles. The summed E-state index contributed by atoms with van der Waals surface area (Å²) in [5.41, 5.74) is -0.648. The van der Waals surface area contributed by atoms with Crippen LogP contribution in [-0.4, -0.2) is 48.6 Å². The van der Waals surface area contributed by atoms with Crippen LogP contribution in [0, 0.1) is 17.6 Å². The lowest BCUT2D eigenvalue weighted by Gasteiger charge is -2.17. The van der Waals surface area contributed by atoms with Gasteiger partial charge >= 0.3 is 5.97 Å². The molecule has 116 valence electrons. The molecule has 1 aromatic rings. The Bertz CT molecular complexity index is 676. The van der Waals surface area contributed by atoms with Crippen molar-refractivity contribution in [2.24, 2.45) is 5.92 Å². The first kappa shape index (κ1) is 15.8. The molecule has 0 aliphatic carbocycles. The second-order valence-corrected chi connectivity index (χ2v) is 6.68. The summed E-state index contributed by atoms with van der Waals surface area (Å²) < 4.78 is 52.6. The number of hydrogen-bond donors (Lipinski definition) is 2. The number of rotatable bonds is 4. The molecule has 1 aromatic carbocycles. The number of halogens is 2. The number of benzene rings is 1. The molecule has 9 heteroatoms. The number of nitrogens with zero attached hydrogens (tertiary/aromatic N) is 1. The fourth-order valence-electron chi connectivity index (χ4n) is 2.18. The topological polar surface area (TPSA) is 94.9 Å². The predicted molar refractivity (Wildman–Crippen MR) is 67.3 cm³/mol. The highest BCUT2D eigenvalue weighted by molar-refractivity contribution is 7.89. The number of hydrogen-bond acceptors (Lipinski definition) is 4. The minimum absolute atomic E-state index is 0.0167. The number of carboxylic acids is 1. The SMILES string of the molecule is O=C(O)c1cc(F)c(F)c(S(=O)(=O)N2CCC(CO)C2)c1. The number of sulfonamides is 1. The molecule has 1 aliphatic heterocycles. The van der Waals surface area contributed by atoms with Crippen LogP contribution in [0.2, 0.25) is 0 Å². The quantitative estimate of drug-likeness (QED) is 0.850. The van der Waals surface area contributed by atoms with Gasteiger partial charge in [-0.3, -0.25) is 0 Å². The third kappa shape index (κ3) is 2.89. The second kappa shape index (κ2) is 5.66. The van der Waals surface area contributed by atoms with E-state index in [2.05, 4.69) is 0 Å². The van der Waals surface area contributed by atoms with Gasteiger partial charge in [0.05, 0.1) is 5.56 Å². The van der Waals surface area contributed by atoms with Gasteiger partial charge < -0.3 is 10.2 Å². The van der Waals surface area contributed by atoms with Crippen LogP contribution >= 0.6 is 0 Å². The van der Waals surface area contributed by atoms with E-state index in [0.29, 0.717) is 18.6 Å². The molecular weight excluding hydrogens is 308 g/mol. The molecular formula is C12H13F2NO5S. The highest BCUT2D eigenvalue weighted by Crippen LogP contribution is 2.27. The Kier molecular flexibility index (Phi) is 4.26. The van der Waals surface area contributed by atoms with Crippen molar-refractivity contribution in [2.75, 3.05) is 19.7 Å². The fourth-order valence-corrected chi connectivity index (χ4v) is 3.81. The second-order valence-electron chi connectivity index (χ2n) is 4.78. The summed E-state index contributed by atoms with van der Waals surface area (Å²) in [5, 5.41) is 17.8. The fraction of sp³-hybridized carbons (Fsp3) is 0.417. The van der Waals surface area contributed by atoms with Crippen LogP contribution in [0.1, 0.15) is 16.8 Å². The van der Waals surface area contributed by atoms with E-state index >= 15 is 0 Å². The van der Waals surface area contributed by atoms with Gasteiger partial charge in [-0.2, -0.15) is 4.31 Å². The summed E-state index contributed by atoms with van der Waals surface area (Å²) in [6.45, 7) is -0.166.